The normalized spacial score (nSPS) is 15.8. The van der Waals surface area contributed by atoms with Crippen molar-refractivity contribution in [2.24, 2.45) is 5.41 Å². The summed E-state index contributed by atoms with van der Waals surface area (Å²) >= 11 is 1.69. The van der Waals surface area contributed by atoms with Crippen LogP contribution in [0, 0.1) is 18.2 Å². The van der Waals surface area contributed by atoms with Gasteiger partial charge in [-0.15, -0.1) is 0 Å². The van der Waals surface area contributed by atoms with Crippen LogP contribution in [0.25, 0.3) is 11.1 Å². The summed E-state index contributed by atoms with van der Waals surface area (Å²) in [7, 11) is 0. The highest BCUT2D eigenvalue weighted by molar-refractivity contribution is 7.97. The maximum absolute atomic E-state index is 13.2. The molecular formula is C35H45FN2O4S. The SMILES string of the molecule is CSCc1nc(C)c(C(OC(C)(C)C)C(=O)O)c(N2CCC(C)(C)CC2)c1-c1ccc(OCCc2ccc(F)cc2)cc1. The molecule has 1 atom stereocenters. The molecule has 4 rings (SSSR count). The molecule has 0 saturated carbocycles. The number of anilines is 1. The van der Waals surface area contributed by atoms with E-state index in [1.165, 1.54) is 12.1 Å². The van der Waals surface area contributed by atoms with Gasteiger partial charge in [0, 0.05) is 42.1 Å². The van der Waals surface area contributed by atoms with Crippen LogP contribution in [0.15, 0.2) is 48.5 Å². The molecule has 1 N–H and O–H groups in total. The summed E-state index contributed by atoms with van der Waals surface area (Å²) in [5, 5.41) is 10.5. The average Bonchev–Trinajstić information content (AvgIpc) is 2.93. The average molecular weight is 609 g/mol. The zero-order valence-corrected chi connectivity index (χ0v) is 27.3. The van der Waals surface area contributed by atoms with Crippen molar-refractivity contribution in [2.75, 3.05) is 30.9 Å². The number of hydrogen-bond donors (Lipinski definition) is 1. The van der Waals surface area contributed by atoms with Crippen molar-refractivity contribution in [2.45, 2.75) is 78.3 Å². The number of carbonyl (C=O) groups is 1. The number of aryl methyl sites for hydroxylation is 1. The molecule has 0 bridgehead atoms. The second kappa shape index (κ2) is 13.7. The van der Waals surface area contributed by atoms with Crippen molar-refractivity contribution < 1.29 is 23.8 Å². The number of nitrogens with zero attached hydrogens (tertiary/aromatic N) is 2. The van der Waals surface area contributed by atoms with Gasteiger partial charge in [0.05, 0.1) is 23.6 Å². The summed E-state index contributed by atoms with van der Waals surface area (Å²) in [6.07, 6.45) is 3.57. The molecule has 2 aromatic carbocycles. The Bertz CT molecular complexity index is 1390. The lowest BCUT2D eigenvalue weighted by atomic mass is 9.82. The van der Waals surface area contributed by atoms with Crippen molar-refractivity contribution in [3.05, 3.63) is 76.9 Å². The largest absolute Gasteiger partial charge is 0.493 e. The van der Waals surface area contributed by atoms with Gasteiger partial charge in [0.1, 0.15) is 11.6 Å². The van der Waals surface area contributed by atoms with E-state index in [1.807, 2.05) is 52.0 Å². The van der Waals surface area contributed by atoms with Crippen molar-refractivity contribution in [3.63, 3.8) is 0 Å². The molecule has 6 nitrogen and oxygen atoms in total. The summed E-state index contributed by atoms with van der Waals surface area (Å²) < 4.78 is 25.5. The summed E-state index contributed by atoms with van der Waals surface area (Å²) in [6.45, 7) is 14.2. The van der Waals surface area contributed by atoms with E-state index in [0.29, 0.717) is 30.0 Å². The molecule has 1 aromatic heterocycles. The monoisotopic (exact) mass is 608 g/mol. The smallest absolute Gasteiger partial charge is 0.337 e. The van der Waals surface area contributed by atoms with Gasteiger partial charge in [0.15, 0.2) is 6.10 Å². The Labute approximate surface area is 260 Å². The number of ether oxygens (including phenoxy) is 2. The minimum atomic E-state index is -1.16. The third kappa shape index (κ3) is 8.51. The van der Waals surface area contributed by atoms with Crippen LogP contribution in [-0.2, 0) is 21.7 Å². The molecule has 0 aliphatic carbocycles. The predicted octanol–water partition coefficient (Wildman–Crippen LogP) is 8.25. The van der Waals surface area contributed by atoms with Gasteiger partial charge in [-0.2, -0.15) is 11.8 Å². The number of piperidine rings is 1. The van der Waals surface area contributed by atoms with Crippen molar-refractivity contribution in [1.82, 2.24) is 4.98 Å². The zero-order valence-electron chi connectivity index (χ0n) is 26.5. The Hall–Kier alpha value is -3.10. The van der Waals surface area contributed by atoms with Crippen molar-refractivity contribution >= 4 is 23.4 Å². The van der Waals surface area contributed by atoms with Crippen LogP contribution in [0.4, 0.5) is 10.1 Å². The molecular weight excluding hydrogens is 563 g/mol. The number of carboxylic acid groups (broad SMARTS) is 1. The lowest BCUT2D eigenvalue weighted by Gasteiger charge is -2.41. The number of aliphatic carboxylic acids is 1. The van der Waals surface area contributed by atoms with Gasteiger partial charge in [-0.3, -0.25) is 4.98 Å². The first-order valence-electron chi connectivity index (χ1n) is 14.9. The second-order valence-corrected chi connectivity index (χ2v) is 13.9. The first-order valence-corrected chi connectivity index (χ1v) is 16.3. The van der Waals surface area contributed by atoms with E-state index in [0.717, 1.165) is 59.8 Å². The second-order valence-electron chi connectivity index (χ2n) is 13.1. The van der Waals surface area contributed by atoms with Crippen LogP contribution < -0.4 is 9.64 Å². The maximum atomic E-state index is 13.2. The van der Waals surface area contributed by atoms with Gasteiger partial charge in [-0.05, 0) is 87.6 Å². The van der Waals surface area contributed by atoms with Crippen LogP contribution >= 0.6 is 11.8 Å². The summed E-state index contributed by atoms with van der Waals surface area (Å²) in [6, 6.07) is 14.4. The van der Waals surface area contributed by atoms with E-state index in [2.05, 4.69) is 25.0 Å². The first-order chi connectivity index (χ1) is 20.3. The molecule has 1 saturated heterocycles. The summed E-state index contributed by atoms with van der Waals surface area (Å²) in [5.74, 6) is 0.156. The number of pyridine rings is 1. The third-order valence-corrected chi connectivity index (χ3v) is 8.42. The fourth-order valence-electron chi connectivity index (χ4n) is 5.53. The van der Waals surface area contributed by atoms with Crippen LogP contribution in [0.2, 0.25) is 0 Å². The molecule has 2 heterocycles. The van der Waals surface area contributed by atoms with Gasteiger partial charge in [0.25, 0.3) is 0 Å². The Morgan fingerprint density at radius 2 is 1.72 bits per heavy atom. The molecule has 0 spiro atoms. The fourth-order valence-corrected chi connectivity index (χ4v) is 6.01. The van der Waals surface area contributed by atoms with E-state index >= 15 is 0 Å². The first kappa shape index (κ1) is 32.8. The van der Waals surface area contributed by atoms with Crippen LogP contribution in [0.3, 0.4) is 0 Å². The molecule has 1 aliphatic heterocycles. The fraction of sp³-hybridized carbons (Fsp3) is 0.486. The molecule has 3 aromatic rings. The molecule has 0 radical (unpaired) electrons. The zero-order chi connectivity index (χ0) is 31.4. The lowest BCUT2D eigenvalue weighted by Crippen LogP contribution is -2.39. The van der Waals surface area contributed by atoms with Crippen LogP contribution in [-0.4, -0.2) is 47.6 Å². The van der Waals surface area contributed by atoms with E-state index in [1.54, 1.807) is 23.9 Å². The minimum Gasteiger partial charge on any atom is -0.493 e. The molecule has 1 fully saturated rings. The maximum Gasteiger partial charge on any atom is 0.337 e. The Morgan fingerprint density at radius 3 is 2.28 bits per heavy atom. The number of carboxylic acids is 1. The van der Waals surface area contributed by atoms with E-state index < -0.39 is 17.7 Å². The van der Waals surface area contributed by atoms with E-state index in [9.17, 15) is 14.3 Å². The van der Waals surface area contributed by atoms with Gasteiger partial charge < -0.3 is 19.5 Å². The molecule has 43 heavy (non-hydrogen) atoms. The van der Waals surface area contributed by atoms with E-state index in [-0.39, 0.29) is 11.2 Å². The predicted molar refractivity (Wildman–Crippen MR) is 174 cm³/mol. The van der Waals surface area contributed by atoms with Crippen molar-refractivity contribution in [1.29, 1.82) is 0 Å². The molecule has 0 amide bonds. The highest BCUT2D eigenvalue weighted by Crippen LogP contribution is 2.45. The van der Waals surface area contributed by atoms with Gasteiger partial charge in [-0.25, -0.2) is 9.18 Å². The Balaban J connectivity index is 1.77. The highest BCUT2D eigenvalue weighted by atomic mass is 32.2. The molecule has 8 heteroatoms. The highest BCUT2D eigenvalue weighted by Gasteiger charge is 2.36. The quantitative estimate of drug-likeness (QED) is 0.235. The van der Waals surface area contributed by atoms with Crippen LogP contribution in [0.1, 0.15) is 76.1 Å². The minimum absolute atomic E-state index is 0.224. The lowest BCUT2D eigenvalue weighted by molar-refractivity contribution is -0.160. The van der Waals surface area contributed by atoms with Crippen molar-refractivity contribution in [3.8, 4) is 16.9 Å². The molecule has 1 aliphatic rings. The third-order valence-electron chi connectivity index (χ3n) is 7.86. The number of hydrogen-bond acceptors (Lipinski definition) is 6. The molecule has 232 valence electrons. The molecule has 1 unspecified atom stereocenters. The van der Waals surface area contributed by atoms with E-state index in [4.69, 9.17) is 14.5 Å². The Kier molecular flexibility index (Phi) is 10.4. The number of rotatable bonds is 11. The van der Waals surface area contributed by atoms with Gasteiger partial charge in [-0.1, -0.05) is 38.1 Å². The number of aromatic nitrogens is 1. The van der Waals surface area contributed by atoms with Gasteiger partial charge in [0.2, 0.25) is 0 Å². The number of benzene rings is 2. The summed E-state index contributed by atoms with van der Waals surface area (Å²) in [4.78, 5) is 20.2. The summed E-state index contributed by atoms with van der Waals surface area (Å²) in [5.41, 5.74) is 5.64. The number of thioether (sulfide) groups is 1. The topological polar surface area (TPSA) is 71.9 Å². The standard InChI is InChI=1S/C35H45FN2O4S/c1-23-29(32(33(39)40)42-34(2,3)4)31(38-19-17-35(5,6)18-20-38)30(28(37-23)22-43-7)25-10-14-27(15-11-25)41-21-16-24-8-12-26(36)13-9-24/h8-15,32H,16-22H2,1-7H3,(H,39,40). The van der Waals surface area contributed by atoms with Crippen LogP contribution in [0.5, 0.6) is 5.75 Å². The Morgan fingerprint density at radius 1 is 1.09 bits per heavy atom. The van der Waals surface area contributed by atoms with Gasteiger partial charge >= 0.3 is 5.97 Å². The number of halogens is 1.